The molecule has 1 aliphatic rings. The molecule has 12 heavy (non-hydrogen) atoms. The summed E-state index contributed by atoms with van der Waals surface area (Å²) in [6, 6.07) is 0. The van der Waals surface area contributed by atoms with Gasteiger partial charge in [0.25, 0.3) is 0 Å². The molecule has 0 aromatic carbocycles. The van der Waals surface area contributed by atoms with Crippen LogP contribution >= 0.6 is 0 Å². The molecule has 0 aliphatic carbocycles. The van der Waals surface area contributed by atoms with Gasteiger partial charge in [-0.3, -0.25) is 0 Å². The van der Waals surface area contributed by atoms with Crippen LogP contribution in [0.4, 0.5) is 0 Å². The summed E-state index contributed by atoms with van der Waals surface area (Å²) in [4.78, 5) is 10.7. The molecule has 0 aromatic heterocycles. The van der Waals surface area contributed by atoms with Crippen molar-refractivity contribution in [1.29, 1.82) is 0 Å². The molecule has 0 saturated carbocycles. The van der Waals surface area contributed by atoms with Gasteiger partial charge in [0.15, 0.2) is 5.60 Å². The molecule has 4 nitrogen and oxygen atoms in total. The van der Waals surface area contributed by atoms with E-state index < -0.39 is 11.6 Å². The average Bonchev–Trinajstić information content (AvgIpc) is 1.96. The van der Waals surface area contributed by atoms with E-state index in [0.29, 0.717) is 13.2 Å². The fraction of sp³-hybridized carbons (Fsp3) is 0.875. The molecule has 1 rings (SSSR count). The van der Waals surface area contributed by atoms with Crippen LogP contribution in [0.1, 0.15) is 20.8 Å². The minimum Gasteiger partial charge on any atom is -0.479 e. The molecule has 2 N–H and O–H groups in total. The van der Waals surface area contributed by atoms with Crippen LogP contribution in [-0.2, 0) is 9.53 Å². The second kappa shape index (κ2) is 2.71. The third-order valence-corrected chi connectivity index (χ3v) is 2.11. The van der Waals surface area contributed by atoms with Gasteiger partial charge in [-0.15, -0.1) is 0 Å². The van der Waals surface area contributed by atoms with Crippen LogP contribution in [0.15, 0.2) is 0 Å². The van der Waals surface area contributed by atoms with Gasteiger partial charge in [-0.05, 0) is 20.8 Å². The topological polar surface area (TPSA) is 58.6 Å². The maximum Gasteiger partial charge on any atom is 0.337 e. The Kier molecular flexibility index (Phi) is 2.14. The number of carboxylic acids is 1. The molecule has 1 saturated heterocycles. The van der Waals surface area contributed by atoms with Gasteiger partial charge in [0, 0.05) is 12.1 Å². The Morgan fingerprint density at radius 2 is 2.08 bits per heavy atom. The van der Waals surface area contributed by atoms with E-state index in [9.17, 15) is 4.79 Å². The summed E-state index contributed by atoms with van der Waals surface area (Å²) >= 11 is 0. The van der Waals surface area contributed by atoms with E-state index in [1.807, 2.05) is 13.8 Å². The molecule has 1 aliphatic heterocycles. The smallest absolute Gasteiger partial charge is 0.337 e. The number of carbonyl (C=O) groups is 1. The van der Waals surface area contributed by atoms with Crippen LogP contribution in [-0.4, -0.2) is 35.4 Å². The second-order valence-electron chi connectivity index (χ2n) is 4.06. The second-order valence-corrected chi connectivity index (χ2v) is 4.06. The summed E-state index contributed by atoms with van der Waals surface area (Å²) < 4.78 is 5.28. The van der Waals surface area contributed by atoms with Gasteiger partial charge in [-0.1, -0.05) is 0 Å². The van der Waals surface area contributed by atoms with Gasteiger partial charge in [-0.25, -0.2) is 4.79 Å². The van der Waals surface area contributed by atoms with Crippen molar-refractivity contribution in [3.8, 4) is 0 Å². The lowest BCUT2D eigenvalue weighted by Gasteiger charge is -2.39. The van der Waals surface area contributed by atoms with Crippen molar-refractivity contribution >= 4 is 5.97 Å². The van der Waals surface area contributed by atoms with Crippen LogP contribution in [0.5, 0.6) is 0 Å². The van der Waals surface area contributed by atoms with Crippen LogP contribution in [0.2, 0.25) is 0 Å². The van der Waals surface area contributed by atoms with E-state index in [-0.39, 0.29) is 5.54 Å². The van der Waals surface area contributed by atoms with Crippen molar-refractivity contribution in [3.63, 3.8) is 0 Å². The zero-order chi connectivity index (χ0) is 9.41. The summed E-state index contributed by atoms with van der Waals surface area (Å²) in [5, 5.41) is 11.9. The molecule has 1 heterocycles. The first kappa shape index (κ1) is 9.48. The Morgan fingerprint density at radius 3 is 2.42 bits per heavy atom. The monoisotopic (exact) mass is 173 g/mol. The first-order valence-corrected chi connectivity index (χ1v) is 3.98. The molecular formula is C8H15NO3. The van der Waals surface area contributed by atoms with Gasteiger partial charge >= 0.3 is 5.97 Å². The molecular weight excluding hydrogens is 158 g/mol. The minimum absolute atomic E-state index is 0.116. The SMILES string of the molecule is CC1(C)COC(C)(C(=O)O)CN1. The Morgan fingerprint density at radius 1 is 1.50 bits per heavy atom. The number of ether oxygens (including phenoxy) is 1. The molecule has 1 fully saturated rings. The van der Waals surface area contributed by atoms with Crippen LogP contribution < -0.4 is 5.32 Å². The van der Waals surface area contributed by atoms with Gasteiger partial charge < -0.3 is 15.2 Å². The van der Waals surface area contributed by atoms with Gasteiger partial charge in [0.1, 0.15) is 0 Å². The van der Waals surface area contributed by atoms with Gasteiger partial charge in [0.2, 0.25) is 0 Å². The zero-order valence-corrected chi connectivity index (χ0v) is 7.68. The highest BCUT2D eigenvalue weighted by atomic mass is 16.5. The molecule has 4 heteroatoms. The maximum atomic E-state index is 10.7. The normalized spacial score (nSPS) is 34.6. The average molecular weight is 173 g/mol. The highest BCUT2D eigenvalue weighted by molar-refractivity contribution is 5.77. The first-order valence-electron chi connectivity index (χ1n) is 3.98. The van der Waals surface area contributed by atoms with Crippen molar-refractivity contribution in [1.82, 2.24) is 5.32 Å². The summed E-state index contributed by atoms with van der Waals surface area (Å²) in [5.41, 5.74) is -1.18. The lowest BCUT2D eigenvalue weighted by molar-refractivity contribution is -0.172. The molecule has 1 unspecified atom stereocenters. The third-order valence-electron chi connectivity index (χ3n) is 2.11. The molecule has 0 aromatic rings. The molecule has 0 spiro atoms. The van der Waals surface area contributed by atoms with E-state index in [0.717, 1.165) is 0 Å². The van der Waals surface area contributed by atoms with E-state index in [2.05, 4.69) is 5.32 Å². The number of nitrogens with one attached hydrogen (secondary N) is 1. The molecule has 1 atom stereocenters. The fourth-order valence-electron chi connectivity index (χ4n) is 0.987. The highest BCUT2D eigenvalue weighted by Gasteiger charge is 2.41. The number of hydrogen-bond donors (Lipinski definition) is 2. The van der Waals surface area contributed by atoms with Crippen LogP contribution in [0, 0.1) is 0 Å². The maximum absolute atomic E-state index is 10.7. The van der Waals surface area contributed by atoms with E-state index in [1.54, 1.807) is 6.92 Å². The quantitative estimate of drug-likeness (QED) is 0.596. The Bertz CT molecular complexity index is 190. The Hall–Kier alpha value is -0.610. The number of rotatable bonds is 1. The standard InChI is InChI=1S/C8H15NO3/c1-7(2)5-12-8(3,4-9-7)6(10)11/h9H,4-5H2,1-3H3,(H,10,11). The largest absolute Gasteiger partial charge is 0.479 e. The van der Waals surface area contributed by atoms with Crippen molar-refractivity contribution < 1.29 is 14.6 Å². The first-order chi connectivity index (χ1) is 5.36. The van der Waals surface area contributed by atoms with E-state index >= 15 is 0 Å². The molecule has 0 radical (unpaired) electrons. The number of hydrogen-bond acceptors (Lipinski definition) is 3. The Labute approximate surface area is 71.9 Å². The number of carboxylic acid groups (broad SMARTS) is 1. The predicted molar refractivity (Wildman–Crippen MR) is 44.1 cm³/mol. The van der Waals surface area contributed by atoms with Crippen LogP contribution in [0.25, 0.3) is 0 Å². The van der Waals surface area contributed by atoms with Crippen LogP contribution in [0.3, 0.4) is 0 Å². The summed E-state index contributed by atoms with van der Waals surface area (Å²) in [7, 11) is 0. The number of morpholine rings is 1. The summed E-state index contributed by atoms with van der Waals surface area (Å²) in [6.45, 7) is 6.32. The third kappa shape index (κ3) is 1.76. The van der Waals surface area contributed by atoms with Gasteiger partial charge in [-0.2, -0.15) is 0 Å². The molecule has 0 amide bonds. The minimum atomic E-state index is -1.06. The van der Waals surface area contributed by atoms with Crippen molar-refractivity contribution in [3.05, 3.63) is 0 Å². The lowest BCUT2D eigenvalue weighted by atomic mass is 9.98. The zero-order valence-electron chi connectivity index (χ0n) is 7.68. The number of aliphatic carboxylic acids is 1. The highest BCUT2D eigenvalue weighted by Crippen LogP contribution is 2.19. The lowest BCUT2D eigenvalue weighted by Crippen LogP contribution is -2.61. The fourth-order valence-corrected chi connectivity index (χ4v) is 0.987. The van der Waals surface area contributed by atoms with E-state index in [1.165, 1.54) is 0 Å². The molecule has 0 bridgehead atoms. The van der Waals surface area contributed by atoms with Crippen molar-refractivity contribution in [2.45, 2.75) is 31.9 Å². The Balaban J connectivity index is 2.62. The van der Waals surface area contributed by atoms with E-state index in [4.69, 9.17) is 9.84 Å². The van der Waals surface area contributed by atoms with Crippen molar-refractivity contribution in [2.24, 2.45) is 0 Å². The summed E-state index contributed by atoms with van der Waals surface area (Å²) in [5.74, 6) is -0.912. The predicted octanol–water partition coefficient (Wildman–Crippen LogP) is 0.228. The van der Waals surface area contributed by atoms with Crippen molar-refractivity contribution in [2.75, 3.05) is 13.2 Å². The molecule has 70 valence electrons. The summed E-state index contributed by atoms with van der Waals surface area (Å²) in [6.07, 6.45) is 0. The van der Waals surface area contributed by atoms with Gasteiger partial charge in [0.05, 0.1) is 6.61 Å².